The zero-order valence-corrected chi connectivity index (χ0v) is 13.4. The molecule has 1 fully saturated rings. The lowest BCUT2D eigenvalue weighted by Gasteiger charge is -2.26. The van der Waals surface area contributed by atoms with Crippen LogP contribution in [-0.4, -0.2) is 32.8 Å². The van der Waals surface area contributed by atoms with Crippen LogP contribution >= 0.6 is 15.9 Å². The summed E-state index contributed by atoms with van der Waals surface area (Å²) >= 11 is 3.68. The molecule has 1 aliphatic heterocycles. The number of benzene rings is 1. The van der Waals surface area contributed by atoms with Crippen LogP contribution < -0.4 is 10.2 Å². The monoisotopic (exact) mass is 326 g/mol. The summed E-state index contributed by atoms with van der Waals surface area (Å²) in [4.78, 5) is 2.32. The van der Waals surface area contributed by atoms with Crippen molar-refractivity contribution in [3.63, 3.8) is 0 Å². The minimum atomic E-state index is 0.510. The maximum absolute atomic E-state index is 5.46. The highest BCUT2D eigenvalue weighted by atomic mass is 79.9. The van der Waals surface area contributed by atoms with Crippen molar-refractivity contribution in [2.75, 3.05) is 31.7 Å². The largest absolute Gasteiger partial charge is 0.379 e. The molecule has 1 atom stereocenters. The minimum absolute atomic E-state index is 0.510. The number of hydrogen-bond acceptors (Lipinski definition) is 3. The Bertz CT molecular complexity index is 405. The van der Waals surface area contributed by atoms with Crippen molar-refractivity contribution in [3.05, 3.63) is 28.2 Å². The summed E-state index contributed by atoms with van der Waals surface area (Å²) in [6.45, 7) is 5.89. The average molecular weight is 327 g/mol. The molecule has 0 amide bonds. The molecule has 1 heterocycles. The van der Waals surface area contributed by atoms with Crippen LogP contribution in [0.5, 0.6) is 0 Å². The fourth-order valence-electron chi connectivity index (χ4n) is 2.34. The van der Waals surface area contributed by atoms with Gasteiger partial charge >= 0.3 is 0 Å². The van der Waals surface area contributed by atoms with Gasteiger partial charge in [0.2, 0.25) is 0 Å². The fraction of sp³-hybridized carbons (Fsp3) is 0.600. The van der Waals surface area contributed by atoms with Gasteiger partial charge in [0, 0.05) is 30.4 Å². The van der Waals surface area contributed by atoms with Crippen molar-refractivity contribution < 1.29 is 4.74 Å². The number of rotatable bonds is 6. The van der Waals surface area contributed by atoms with Gasteiger partial charge in [-0.05, 0) is 37.1 Å². The highest BCUT2D eigenvalue weighted by Crippen LogP contribution is 2.26. The molecule has 1 aliphatic rings. The van der Waals surface area contributed by atoms with E-state index >= 15 is 0 Å². The molecule has 4 heteroatoms. The van der Waals surface area contributed by atoms with Crippen LogP contribution in [0.25, 0.3) is 0 Å². The Balaban J connectivity index is 2.00. The summed E-state index contributed by atoms with van der Waals surface area (Å²) in [5.41, 5.74) is 2.56. The maximum atomic E-state index is 5.46. The molecule has 3 nitrogen and oxygen atoms in total. The Labute approximate surface area is 124 Å². The van der Waals surface area contributed by atoms with Crippen molar-refractivity contribution in [2.24, 2.45) is 0 Å². The second kappa shape index (κ2) is 7.27. The number of likely N-dealkylation sites (N-methyl/N-ethyl adjacent to an activating group) is 1. The topological polar surface area (TPSA) is 24.5 Å². The van der Waals surface area contributed by atoms with Gasteiger partial charge in [0.15, 0.2) is 0 Å². The molecule has 0 bridgehead atoms. The van der Waals surface area contributed by atoms with Gasteiger partial charge in [-0.3, -0.25) is 0 Å². The lowest BCUT2D eigenvalue weighted by molar-refractivity contribution is 0.193. The molecule has 1 unspecified atom stereocenters. The van der Waals surface area contributed by atoms with E-state index in [2.05, 4.69) is 58.3 Å². The number of hydrogen-bond donors (Lipinski definition) is 1. The Morgan fingerprint density at radius 1 is 1.47 bits per heavy atom. The van der Waals surface area contributed by atoms with Gasteiger partial charge < -0.3 is 15.0 Å². The van der Waals surface area contributed by atoms with E-state index in [0.717, 1.165) is 32.7 Å². The SMILES string of the molecule is CCCNCc1ccc(N(C)C2CCOC2)cc1Br. The van der Waals surface area contributed by atoms with Crippen molar-refractivity contribution in [3.8, 4) is 0 Å². The summed E-state index contributed by atoms with van der Waals surface area (Å²) in [5.74, 6) is 0. The molecule has 1 N–H and O–H groups in total. The van der Waals surface area contributed by atoms with Crippen LogP contribution in [0.3, 0.4) is 0 Å². The smallest absolute Gasteiger partial charge is 0.0670 e. The summed E-state index contributed by atoms with van der Waals surface area (Å²) in [6.07, 6.45) is 2.29. The summed E-state index contributed by atoms with van der Waals surface area (Å²) < 4.78 is 6.64. The minimum Gasteiger partial charge on any atom is -0.379 e. The van der Waals surface area contributed by atoms with Crippen LogP contribution in [0.15, 0.2) is 22.7 Å². The number of halogens is 1. The van der Waals surface area contributed by atoms with Crippen LogP contribution in [0.2, 0.25) is 0 Å². The van der Waals surface area contributed by atoms with Crippen molar-refractivity contribution in [1.82, 2.24) is 5.32 Å². The number of nitrogens with one attached hydrogen (secondary N) is 1. The second-order valence-electron chi connectivity index (χ2n) is 5.08. The Kier molecular flexibility index (Phi) is 5.67. The Hall–Kier alpha value is -0.580. The van der Waals surface area contributed by atoms with E-state index in [0.29, 0.717) is 6.04 Å². The Morgan fingerprint density at radius 3 is 2.95 bits per heavy atom. The molecule has 1 saturated heterocycles. The van der Waals surface area contributed by atoms with E-state index in [-0.39, 0.29) is 0 Å². The average Bonchev–Trinajstić information content (AvgIpc) is 2.94. The number of ether oxygens (including phenoxy) is 1. The van der Waals surface area contributed by atoms with E-state index in [1.165, 1.54) is 22.1 Å². The molecule has 0 saturated carbocycles. The molecular formula is C15H23BrN2O. The molecular weight excluding hydrogens is 304 g/mol. The summed E-state index contributed by atoms with van der Waals surface area (Å²) in [7, 11) is 2.15. The molecule has 106 valence electrons. The zero-order valence-electron chi connectivity index (χ0n) is 11.8. The van der Waals surface area contributed by atoms with Gasteiger partial charge in [-0.15, -0.1) is 0 Å². The third-order valence-electron chi connectivity index (χ3n) is 3.64. The van der Waals surface area contributed by atoms with Gasteiger partial charge in [-0.1, -0.05) is 28.9 Å². The fourth-order valence-corrected chi connectivity index (χ4v) is 2.84. The highest BCUT2D eigenvalue weighted by Gasteiger charge is 2.20. The molecule has 1 aromatic rings. The molecule has 0 radical (unpaired) electrons. The second-order valence-corrected chi connectivity index (χ2v) is 5.94. The first kappa shape index (κ1) is 14.8. The van der Waals surface area contributed by atoms with Crippen molar-refractivity contribution in [1.29, 1.82) is 0 Å². The van der Waals surface area contributed by atoms with E-state index < -0.39 is 0 Å². The molecule has 19 heavy (non-hydrogen) atoms. The lowest BCUT2D eigenvalue weighted by atomic mass is 10.1. The third-order valence-corrected chi connectivity index (χ3v) is 4.38. The highest BCUT2D eigenvalue weighted by molar-refractivity contribution is 9.10. The normalized spacial score (nSPS) is 18.8. The predicted molar refractivity (Wildman–Crippen MR) is 83.8 cm³/mol. The predicted octanol–water partition coefficient (Wildman–Crippen LogP) is 3.17. The lowest BCUT2D eigenvalue weighted by Crippen LogP contribution is -2.31. The van der Waals surface area contributed by atoms with E-state index in [1.807, 2.05) is 0 Å². The first-order valence-electron chi connectivity index (χ1n) is 7.02. The van der Waals surface area contributed by atoms with Crippen LogP contribution in [0, 0.1) is 0 Å². The zero-order chi connectivity index (χ0) is 13.7. The van der Waals surface area contributed by atoms with Crippen molar-refractivity contribution >= 4 is 21.6 Å². The van der Waals surface area contributed by atoms with Gasteiger partial charge in [0.05, 0.1) is 12.6 Å². The number of anilines is 1. The van der Waals surface area contributed by atoms with Gasteiger partial charge in [0.1, 0.15) is 0 Å². The quantitative estimate of drug-likeness (QED) is 0.812. The first-order chi connectivity index (χ1) is 9.22. The summed E-state index contributed by atoms with van der Waals surface area (Å²) in [5, 5.41) is 3.43. The number of nitrogens with zero attached hydrogens (tertiary/aromatic N) is 1. The maximum Gasteiger partial charge on any atom is 0.0670 e. The first-order valence-corrected chi connectivity index (χ1v) is 7.81. The Morgan fingerprint density at radius 2 is 2.32 bits per heavy atom. The molecule has 0 spiro atoms. The summed E-state index contributed by atoms with van der Waals surface area (Å²) in [6, 6.07) is 7.12. The third kappa shape index (κ3) is 3.94. The van der Waals surface area contributed by atoms with Gasteiger partial charge in [0.25, 0.3) is 0 Å². The van der Waals surface area contributed by atoms with Crippen molar-refractivity contribution in [2.45, 2.75) is 32.4 Å². The van der Waals surface area contributed by atoms with Crippen LogP contribution in [-0.2, 0) is 11.3 Å². The van der Waals surface area contributed by atoms with E-state index in [4.69, 9.17) is 4.74 Å². The van der Waals surface area contributed by atoms with E-state index in [9.17, 15) is 0 Å². The molecule has 2 rings (SSSR count). The molecule has 1 aromatic carbocycles. The molecule has 0 aliphatic carbocycles. The van der Waals surface area contributed by atoms with E-state index in [1.54, 1.807) is 0 Å². The van der Waals surface area contributed by atoms with Gasteiger partial charge in [-0.25, -0.2) is 0 Å². The standard InChI is InChI=1S/C15H23BrN2O/c1-3-7-17-10-12-4-5-13(9-15(12)16)18(2)14-6-8-19-11-14/h4-5,9,14,17H,3,6-8,10-11H2,1-2H3. The van der Waals surface area contributed by atoms with Crippen LogP contribution in [0.1, 0.15) is 25.3 Å². The molecule has 0 aromatic heterocycles. The van der Waals surface area contributed by atoms with Gasteiger partial charge in [-0.2, -0.15) is 0 Å². The van der Waals surface area contributed by atoms with Crippen LogP contribution in [0.4, 0.5) is 5.69 Å².